The average Bonchev–Trinajstić information content (AvgIpc) is 3.22. The lowest BCUT2D eigenvalue weighted by molar-refractivity contribution is -0.925. The first-order valence-corrected chi connectivity index (χ1v) is 11.4. The number of para-hydroxylation sites is 1. The molecule has 1 saturated heterocycles. The number of pyridine rings is 1. The molecule has 0 saturated carbocycles. The fraction of sp³-hybridized carbons (Fsp3) is 0.296. The van der Waals surface area contributed by atoms with Crippen molar-refractivity contribution in [2.75, 3.05) is 20.2 Å². The Labute approximate surface area is 186 Å². The molecule has 4 aromatic rings. The van der Waals surface area contributed by atoms with Gasteiger partial charge in [-0.25, -0.2) is 0 Å². The second-order valence-corrected chi connectivity index (χ2v) is 9.19. The number of fused-ring (bicyclic) bond motifs is 5. The van der Waals surface area contributed by atoms with E-state index in [9.17, 15) is 4.79 Å². The standard InChI is InChI=1S/C27H26N2O3/c1-31-22-8-6-19(7-9-22)24-10-11-26(30)29-15-18-12-21(27(24)29)16-28(14-18)17-23-13-20-4-2-3-5-25(20)32-23/h2-11,13,18,21H,12,14-17H2,1H3/p+1/t18-,21+/m0/s1. The Morgan fingerprint density at radius 1 is 1.06 bits per heavy atom. The van der Waals surface area contributed by atoms with Gasteiger partial charge in [0.2, 0.25) is 0 Å². The van der Waals surface area contributed by atoms with Crippen molar-refractivity contribution in [2.45, 2.75) is 25.4 Å². The van der Waals surface area contributed by atoms with Crippen LogP contribution in [-0.2, 0) is 13.1 Å². The molecule has 2 aliphatic heterocycles. The van der Waals surface area contributed by atoms with Gasteiger partial charge in [-0.05, 0) is 42.3 Å². The molecule has 5 nitrogen and oxygen atoms in total. The van der Waals surface area contributed by atoms with Gasteiger partial charge < -0.3 is 18.6 Å². The van der Waals surface area contributed by atoms with Gasteiger partial charge in [-0.1, -0.05) is 30.3 Å². The quantitative estimate of drug-likeness (QED) is 0.543. The maximum Gasteiger partial charge on any atom is 0.250 e. The monoisotopic (exact) mass is 427 g/mol. The highest BCUT2D eigenvalue weighted by Gasteiger charge is 2.39. The minimum absolute atomic E-state index is 0.118. The molecular weight excluding hydrogens is 400 g/mol. The third kappa shape index (κ3) is 3.33. The average molecular weight is 428 g/mol. The lowest BCUT2D eigenvalue weighted by atomic mass is 9.80. The number of benzene rings is 2. The number of nitrogens with zero attached hydrogens (tertiary/aromatic N) is 1. The number of ether oxygens (including phenoxy) is 1. The van der Waals surface area contributed by atoms with Crippen molar-refractivity contribution in [1.82, 2.24) is 4.57 Å². The zero-order chi connectivity index (χ0) is 21.7. The summed E-state index contributed by atoms with van der Waals surface area (Å²) < 4.78 is 13.5. The van der Waals surface area contributed by atoms with E-state index in [4.69, 9.17) is 9.15 Å². The van der Waals surface area contributed by atoms with E-state index in [0.717, 1.165) is 60.6 Å². The van der Waals surface area contributed by atoms with E-state index in [2.05, 4.69) is 30.3 Å². The summed E-state index contributed by atoms with van der Waals surface area (Å²) in [6, 6.07) is 22.3. The van der Waals surface area contributed by atoms with E-state index < -0.39 is 0 Å². The zero-order valence-corrected chi connectivity index (χ0v) is 18.2. The van der Waals surface area contributed by atoms with Gasteiger partial charge in [0.05, 0.1) is 20.2 Å². The second kappa shape index (κ2) is 7.68. The molecule has 2 bridgehead atoms. The smallest absolute Gasteiger partial charge is 0.250 e. The van der Waals surface area contributed by atoms with Gasteiger partial charge in [-0.15, -0.1) is 0 Å². The van der Waals surface area contributed by atoms with Crippen LogP contribution in [0.3, 0.4) is 0 Å². The first kappa shape index (κ1) is 19.4. The van der Waals surface area contributed by atoms with Gasteiger partial charge in [0, 0.05) is 41.1 Å². The van der Waals surface area contributed by atoms with E-state index in [1.807, 2.05) is 34.9 Å². The highest BCUT2D eigenvalue weighted by atomic mass is 16.5. The molecule has 6 rings (SSSR count). The highest BCUT2D eigenvalue weighted by Crippen LogP contribution is 2.37. The van der Waals surface area contributed by atoms with Crippen LogP contribution in [0.15, 0.2) is 75.9 Å². The Hall–Kier alpha value is -3.31. The van der Waals surface area contributed by atoms with Crippen molar-refractivity contribution in [1.29, 1.82) is 0 Å². The predicted molar refractivity (Wildman–Crippen MR) is 124 cm³/mol. The molecule has 0 spiro atoms. The van der Waals surface area contributed by atoms with Crippen molar-refractivity contribution < 1.29 is 14.1 Å². The van der Waals surface area contributed by atoms with Gasteiger partial charge in [0.25, 0.3) is 5.56 Å². The predicted octanol–water partition coefficient (Wildman–Crippen LogP) is 3.47. The summed E-state index contributed by atoms with van der Waals surface area (Å²) in [7, 11) is 1.68. The van der Waals surface area contributed by atoms with E-state index >= 15 is 0 Å². The molecule has 2 aromatic carbocycles. The van der Waals surface area contributed by atoms with E-state index in [0.29, 0.717) is 11.8 Å². The fourth-order valence-electron chi connectivity index (χ4n) is 5.77. The van der Waals surface area contributed by atoms with Crippen molar-refractivity contribution in [2.24, 2.45) is 5.92 Å². The van der Waals surface area contributed by atoms with Gasteiger partial charge in [0.1, 0.15) is 17.9 Å². The molecule has 0 radical (unpaired) electrons. The van der Waals surface area contributed by atoms with Crippen LogP contribution in [0.5, 0.6) is 5.75 Å². The Morgan fingerprint density at radius 3 is 2.72 bits per heavy atom. The second-order valence-electron chi connectivity index (χ2n) is 9.19. The first-order valence-electron chi connectivity index (χ1n) is 11.4. The number of likely N-dealkylation sites (tertiary alicyclic amines) is 1. The van der Waals surface area contributed by atoms with E-state index in [1.165, 1.54) is 16.2 Å². The Balaban J connectivity index is 1.33. The maximum absolute atomic E-state index is 12.8. The molecule has 2 aromatic heterocycles. The topological polar surface area (TPSA) is 48.8 Å². The molecule has 0 amide bonds. The summed E-state index contributed by atoms with van der Waals surface area (Å²) in [5, 5.41) is 1.16. The van der Waals surface area contributed by atoms with E-state index in [-0.39, 0.29) is 5.56 Å². The van der Waals surface area contributed by atoms with Gasteiger partial charge in [-0.3, -0.25) is 4.79 Å². The number of hydrogen-bond donors (Lipinski definition) is 1. The van der Waals surface area contributed by atoms with Gasteiger partial charge in [-0.2, -0.15) is 0 Å². The number of aromatic nitrogens is 1. The number of methoxy groups -OCH3 is 1. The molecular formula is C27H27N2O3+. The van der Waals surface area contributed by atoms with Gasteiger partial charge in [0.15, 0.2) is 5.76 Å². The molecule has 1 fully saturated rings. The molecule has 5 heteroatoms. The summed E-state index contributed by atoms with van der Waals surface area (Å²) in [4.78, 5) is 14.3. The summed E-state index contributed by atoms with van der Waals surface area (Å²) in [6.45, 7) is 3.78. The normalized spacial score (nSPS) is 22.0. The van der Waals surface area contributed by atoms with Crippen LogP contribution in [0.2, 0.25) is 0 Å². The van der Waals surface area contributed by atoms with Crippen molar-refractivity contribution in [3.05, 3.63) is 88.5 Å². The third-order valence-corrected chi connectivity index (χ3v) is 7.08. The molecule has 4 heterocycles. The number of quaternary nitrogens is 1. The van der Waals surface area contributed by atoms with Gasteiger partial charge >= 0.3 is 0 Å². The van der Waals surface area contributed by atoms with Crippen LogP contribution in [0, 0.1) is 5.92 Å². The SMILES string of the molecule is COc1ccc(-c2ccc(=O)n3c2[C@@H]2C[C@H](C3)C[NH+](Cc3cc4ccccc4o3)C2)cc1. The largest absolute Gasteiger partial charge is 0.497 e. The Morgan fingerprint density at radius 2 is 1.91 bits per heavy atom. The van der Waals surface area contributed by atoms with Crippen molar-refractivity contribution in [3.63, 3.8) is 0 Å². The molecule has 1 N–H and O–H groups in total. The maximum atomic E-state index is 12.8. The lowest BCUT2D eigenvalue weighted by Crippen LogP contribution is -3.13. The summed E-state index contributed by atoms with van der Waals surface area (Å²) >= 11 is 0. The van der Waals surface area contributed by atoms with Crippen LogP contribution in [0.25, 0.3) is 22.1 Å². The summed E-state index contributed by atoms with van der Waals surface area (Å²) in [5.74, 6) is 2.77. The molecule has 3 atom stereocenters. The van der Waals surface area contributed by atoms with E-state index in [1.54, 1.807) is 13.2 Å². The van der Waals surface area contributed by atoms with Crippen LogP contribution in [0.1, 0.15) is 23.8 Å². The number of piperidine rings is 1. The number of hydrogen-bond acceptors (Lipinski definition) is 3. The summed E-state index contributed by atoms with van der Waals surface area (Å²) in [5.41, 5.74) is 4.57. The number of rotatable bonds is 4. The van der Waals surface area contributed by atoms with Crippen LogP contribution < -0.4 is 15.2 Å². The van der Waals surface area contributed by atoms with Crippen LogP contribution in [-0.4, -0.2) is 24.8 Å². The molecule has 1 unspecified atom stereocenters. The Kier molecular flexibility index (Phi) is 4.65. The third-order valence-electron chi connectivity index (χ3n) is 7.08. The Bertz CT molecular complexity index is 1300. The molecule has 162 valence electrons. The number of furan rings is 1. The summed E-state index contributed by atoms with van der Waals surface area (Å²) in [6.07, 6.45) is 1.15. The number of nitrogens with one attached hydrogen (secondary N) is 1. The van der Waals surface area contributed by atoms with Crippen molar-refractivity contribution >= 4 is 11.0 Å². The molecule has 0 aliphatic carbocycles. The van der Waals surface area contributed by atoms with Crippen LogP contribution >= 0.6 is 0 Å². The lowest BCUT2D eigenvalue weighted by Gasteiger charge is -2.41. The highest BCUT2D eigenvalue weighted by molar-refractivity contribution is 5.77. The minimum atomic E-state index is 0.118. The molecule has 32 heavy (non-hydrogen) atoms. The zero-order valence-electron chi connectivity index (χ0n) is 18.2. The fourth-order valence-corrected chi connectivity index (χ4v) is 5.77. The first-order chi connectivity index (χ1) is 15.7. The van der Waals surface area contributed by atoms with Crippen LogP contribution in [0.4, 0.5) is 0 Å². The molecule has 2 aliphatic rings. The van der Waals surface area contributed by atoms with Crippen molar-refractivity contribution in [3.8, 4) is 16.9 Å². The minimum Gasteiger partial charge on any atom is -0.497 e.